The summed E-state index contributed by atoms with van der Waals surface area (Å²) in [6.07, 6.45) is 5.25. The third-order valence-electron chi connectivity index (χ3n) is 5.69. The second-order valence-electron chi connectivity index (χ2n) is 7.83. The number of aromatic nitrogens is 2. The minimum atomic E-state index is -3.54. The van der Waals surface area contributed by atoms with E-state index >= 15 is 0 Å². The number of halogens is 1. The molecule has 1 aromatic carbocycles. The van der Waals surface area contributed by atoms with E-state index < -0.39 is 10.0 Å². The van der Waals surface area contributed by atoms with Gasteiger partial charge in [-0.05, 0) is 56.9 Å². The average molecular weight is 470 g/mol. The van der Waals surface area contributed by atoms with Crippen LogP contribution < -0.4 is 0 Å². The molecule has 0 N–H and O–H groups in total. The Morgan fingerprint density at radius 1 is 1.10 bits per heavy atom. The van der Waals surface area contributed by atoms with Crippen LogP contribution >= 0.6 is 11.6 Å². The normalized spacial score (nSPS) is 16.1. The molecule has 0 aliphatic carbocycles. The fraction of sp³-hybridized carbons (Fsp3) is 0.591. The first kappa shape index (κ1) is 24.2. The highest BCUT2D eigenvalue weighted by molar-refractivity contribution is 7.89. The summed E-state index contributed by atoms with van der Waals surface area (Å²) < 4.78 is 41.0. The second kappa shape index (κ2) is 10.9. The van der Waals surface area contributed by atoms with E-state index in [1.807, 2.05) is 20.0 Å². The van der Waals surface area contributed by atoms with Gasteiger partial charge < -0.3 is 14.0 Å². The van der Waals surface area contributed by atoms with Gasteiger partial charge in [-0.3, -0.25) is 0 Å². The summed E-state index contributed by atoms with van der Waals surface area (Å²) in [5.41, 5.74) is 1.45. The van der Waals surface area contributed by atoms with Crippen molar-refractivity contribution in [3.05, 3.63) is 46.5 Å². The summed E-state index contributed by atoms with van der Waals surface area (Å²) in [6, 6.07) is 3.40. The molecule has 172 valence electrons. The van der Waals surface area contributed by atoms with E-state index in [0.717, 1.165) is 30.8 Å². The Labute approximate surface area is 190 Å². The lowest BCUT2D eigenvalue weighted by atomic mass is 9.97. The summed E-state index contributed by atoms with van der Waals surface area (Å²) in [4.78, 5) is 4.89. The van der Waals surface area contributed by atoms with Crippen LogP contribution in [-0.4, -0.2) is 61.8 Å². The smallest absolute Gasteiger partial charge is 0.243 e. The zero-order valence-corrected chi connectivity index (χ0v) is 20.1. The van der Waals surface area contributed by atoms with E-state index in [1.165, 1.54) is 0 Å². The van der Waals surface area contributed by atoms with Crippen molar-refractivity contribution in [3.8, 4) is 0 Å². The van der Waals surface area contributed by atoms with Gasteiger partial charge in [-0.15, -0.1) is 0 Å². The van der Waals surface area contributed by atoms with Gasteiger partial charge in [0.05, 0.1) is 24.7 Å². The fourth-order valence-corrected chi connectivity index (χ4v) is 5.90. The van der Waals surface area contributed by atoms with Gasteiger partial charge in [-0.25, -0.2) is 13.4 Å². The largest absolute Gasteiger partial charge is 0.379 e. The Balaban J connectivity index is 1.59. The highest BCUT2D eigenvalue weighted by atomic mass is 35.5. The molecule has 0 spiro atoms. The zero-order chi connectivity index (χ0) is 22.4. The fourth-order valence-electron chi connectivity index (χ4n) is 3.92. The molecule has 1 aromatic heterocycles. The molecule has 31 heavy (non-hydrogen) atoms. The number of hydrogen-bond donors (Lipinski definition) is 0. The Bertz CT molecular complexity index is 969. The Morgan fingerprint density at radius 3 is 2.52 bits per heavy atom. The van der Waals surface area contributed by atoms with Crippen molar-refractivity contribution in [2.24, 2.45) is 0 Å². The number of nitrogens with zero attached hydrogens (tertiary/aromatic N) is 3. The van der Waals surface area contributed by atoms with E-state index in [0.29, 0.717) is 55.0 Å². The highest BCUT2D eigenvalue weighted by Gasteiger charge is 2.32. The maximum atomic E-state index is 13.2. The predicted octanol–water partition coefficient (Wildman–Crippen LogP) is 3.77. The summed E-state index contributed by atoms with van der Waals surface area (Å²) in [5.74, 6) is 1.24. The number of imidazole rings is 1. The number of sulfonamides is 1. The number of benzene rings is 1. The standard InChI is InChI=1S/C22H32ClN3O4S/c1-4-29-13-14-30-12-11-25-10-7-24-22(25)19-5-8-26(9-6-19)31(27,28)21-16-17(2)20(23)15-18(21)3/h7,10,15-16,19H,4-6,8-9,11-14H2,1-3H3. The van der Waals surface area contributed by atoms with E-state index in [-0.39, 0.29) is 5.92 Å². The van der Waals surface area contributed by atoms with Gasteiger partial charge in [0.15, 0.2) is 0 Å². The molecule has 0 amide bonds. The molecule has 1 fully saturated rings. The molecule has 0 radical (unpaired) electrons. The van der Waals surface area contributed by atoms with Gasteiger partial charge in [-0.1, -0.05) is 11.6 Å². The molecule has 7 nitrogen and oxygen atoms in total. The third kappa shape index (κ3) is 5.87. The Kier molecular flexibility index (Phi) is 8.52. The molecule has 0 saturated carbocycles. The minimum absolute atomic E-state index is 0.234. The Morgan fingerprint density at radius 2 is 1.81 bits per heavy atom. The molecule has 1 saturated heterocycles. The van der Waals surface area contributed by atoms with Gasteiger partial charge in [0, 0.05) is 49.6 Å². The molecule has 2 heterocycles. The first-order chi connectivity index (χ1) is 14.8. The van der Waals surface area contributed by atoms with Crippen molar-refractivity contribution in [1.82, 2.24) is 13.9 Å². The summed E-state index contributed by atoms with van der Waals surface area (Å²) >= 11 is 6.15. The lowest BCUT2D eigenvalue weighted by Crippen LogP contribution is -2.38. The van der Waals surface area contributed by atoms with Gasteiger partial charge in [0.2, 0.25) is 10.0 Å². The van der Waals surface area contributed by atoms with Crippen molar-refractivity contribution in [2.45, 2.75) is 51.0 Å². The second-order valence-corrected chi connectivity index (χ2v) is 10.1. The molecular formula is C22H32ClN3O4S. The molecule has 2 aromatic rings. The van der Waals surface area contributed by atoms with Crippen LogP contribution in [0.5, 0.6) is 0 Å². The van der Waals surface area contributed by atoms with Gasteiger partial charge >= 0.3 is 0 Å². The first-order valence-electron chi connectivity index (χ1n) is 10.8. The minimum Gasteiger partial charge on any atom is -0.379 e. The summed E-state index contributed by atoms with van der Waals surface area (Å²) in [7, 11) is -3.54. The van der Waals surface area contributed by atoms with Gasteiger partial charge in [0.1, 0.15) is 5.82 Å². The third-order valence-corrected chi connectivity index (χ3v) is 8.14. The quantitative estimate of drug-likeness (QED) is 0.495. The Hall–Kier alpha value is -1.45. The van der Waals surface area contributed by atoms with Crippen LogP contribution in [0.25, 0.3) is 0 Å². The number of piperidine rings is 1. The van der Waals surface area contributed by atoms with E-state index in [1.54, 1.807) is 29.6 Å². The SMILES string of the molecule is CCOCCOCCn1ccnc1C1CCN(S(=O)(=O)c2cc(C)c(Cl)cc2C)CC1. The molecule has 0 unspecified atom stereocenters. The number of ether oxygens (including phenoxy) is 2. The van der Waals surface area contributed by atoms with Crippen LogP contribution in [0, 0.1) is 13.8 Å². The average Bonchev–Trinajstić information content (AvgIpc) is 3.21. The zero-order valence-electron chi connectivity index (χ0n) is 18.5. The molecule has 0 atom stereocenters. The number of hydrogen-bond acceptors (Lipinski definition) is 5. The summed E-state index contributed by atoms with van der Waals surface area (Å²) in [6.45, 7) is 9.74. The number of rotatable bonds is 10. The molecule has 9 heteroatoms. The van der Waals surface area contributed by atoms with Gasteiger partial charge in [0.25, 0.3) is 0 Å². The molecule has 0 bridgehead atoms. The van der Waals surface area contributed by atoms with Crippen molar-refractivity contribution in [3.63, 3.8) is 0 Å². The topological polar surface area (TPSA) is 73.7 Å². The number of aryl methyl sites for hydroxylation is 2. The van der Waals surface area contributed by atoms with Crippen molar-refractivity contribution in [2.75, 3.05) is 39.5 Å². The van der Waals surface area contributed by atoms with Crippen molar-refractivity contribution < 1.29 is 17.9 Å². The monoisotopic (exact) mass is 469 g/mol. The maximum Gasteiger partial charge on any atom is 0.243 e. The predicted molar refractivity (Wildman–Crippen MR) is 121 cm³/mol. The van der Waals surface area contributed by atoms with E-state index in [9.17, 15) is 8.42 Å². The molecule has 3 rings (SSSR count). The van der Waals surface area contributed by atoms with E-state index in [2.05, 4.69) is 9.55 Å². The van der Waals surface area contributed by atoms with Crippen LogP contribution in [-0.2, 0) is 26.0 Å². The lowest BCUT2D eigenvalue weighted by molar-refractivity contribution is 0.0493. The molecule has 1 aliphatic rings. The van der Waals surface area contributed by atoms with Crippen molar-refractivity contribution in [1.29, 1.82) is 0 Å². The summed E-state index contributed by atoms with van der Waals surface area (Å²) in [5, 5.41) is 0.587. The van der Waals surface area contributed by atoms with Crippen molar-refractivity contribution >= 4 is 21.6 Å². The molecule has 1 aliphatic heterocycles. The van der Waals surface area contributed by atoms with Crippen LogP contribution in [0.3, 0.4) is 0 Å². The maximum absolute atomic E-state index is 13.2. The van der Waals surface area contributed by atoms with Crippen LogP contribution in [0.2, 0.25) is 5.02 Å². The van der Waals surface area contributed by atoms with Crippen LogP contribution in [0.1, 0.15) is 42.6 Å². The first-order valence-corrected chi connectivity index (χ1v) is 12.6. The van der Waals surface area contributed by atoms with E-state index in [4.69, 9.17) is 21.1 Å². The lowest BCUT2D eigenvalue weighted by Gasteiger charge is -2.31. The van der Waals surface area contributed by atoms with Crippen LogP contribution in [0.15, 0.2) is 29.4 Å². The van der Waals surface area contributed by atoms with Gasteiger partial charge in [-0.2, -0.15) is 4.31 Å². The highest BCUT2D eigenvalue weighted by Crippen LogP contribution is 2.32. The van der Waals surface area contributed by atoms with Crippen LogP contribution in [0.4, 0.5) is 0 Å². The molecular weight excluding hydrogens is 438 g/mol.